The molecule has 96 valence electrons. The number of anilines is 1. The van der Waals surface area contributed by atoms with Crippen LogP contribution >= 0.6 is 0 Å². The summed E-state index contributed by atoms with van der Waals surface area (Å²) in [5.41, 5.74) is 2.99. The van der Waals surface area contributed by atoms with Gasteiger partial charge in [-0.3, -0.25) is 5.10 Å². The minimum atomic E-state index is -0.570. The van der Waals surface area contributed by atoms with Crippen molar-refractivity contribution in [2.75, 3.05) is 5.32 Å². The van der Waals surface area contributed by atoms with Crippen LogP contribution in [0.4, 0.5) is 14.5 Å². The number of nitrogens with zero attached hydrogens (tertiary/aromatic N) is 1. The number of H-pyrrole nitrogens is 1. The Morgan fingerprint density at radius 2 is 2.00 bits per heavy atom. The molecule has 2 rings (SSSR count). The highest BCUT2D eigenvalue weighted by atomic mass is 19.1. The molecule has 3 nitrogen and oxygen atoms in total. The van der Waals surface area contributed by atoms with Crippen molar-refractivity contribution in [2.45, 2.75) is 26.8 Å². The van der Waals surface area contributed by atoms with Crippen molar-refractivity contribution in [1.29, 1.82) is 0 Å². The number of aromatic nitrogens is 2. The van der Waals surface area contributed by atoms with E-state index in [-0.39, 0.29) is 6.04 Å². The van der Waals surface area contributed by atoms with Crippen molar-refractivity contribution in [1.82, 2.24) is 10.2 Å². The van der Waals surface area contributed by atoms with Gasteiger partial charge in [0.05, 0.1) is 23.1 Å². The third-order valence-electron chi connectivity index (χ3n) is 2.92. The lowest BCUT2D eigenvalue weighted by molar-refractivity contribution is 0.566. The molecule has 1 aromatic heterocycles. The minimum Gasteiger partial charge on any atom is -0.375 e. The molecule has 18 heavy (non-hydrogen) atoms. The molecule has 2 N–H and O–H groups in total. The van der Waals surface area contributed by atoms with E-state index < -0.39 is 11.6 Å². The molecule has 5 heteroatoms. The van der Waals surface area contributed by atoms with Gasteiger partial charge in [0.15, 0.2) is 0 Å². The Labute approximate surface area is 104 Å². The lowest BCUT2D eigenvalue weighted by atomic mass is 10.1. The van der Waals surface area contributed by atoms with Gasteiger partial charge in [-0.15, -0.1) is 0 Å². The van der Waals surface area contributed by atoms with Crippen LogP contribution in [-0.4, -0.2) is 10.2 Å². The second kappa shape index (κ2) is 4.76. The highest BCUT2D eigenvalue weighted by molar-refractivity contribution is 5.53. The Bertz CT molecular complexity index is 544. The Morgan fingerprint density at radius 1 is 1.28 bits per heavy atom. The summed E-state index contributed by atoms with van der Waals surface area (Å²) < 4.78 is 26.5. The molecule has 0 fully saturated rings. The monoisotopic (exact) mass is 251 g/mol. The first-order valence-electron chi connectivity index (χ1n) is 5.72. The van der Waals surface area contributed by atoms with E-state index in [0.717, 1.165) is 23.1 Å². The molecule has 0 amide bonds. The zero-order valence-electron chi connectivity index (χ0n) is 10.5. The quantitative estimate of drug-likeness (QED) is 0.876. The van der Waals surface area contributed by atoms with Crippen LogP contribution < -0.4 is 5.32 Å². The number of aromatic amines is 1. The van der Waals surface area contributed by atoms with E-state index in [4.69, 9.17) is 0 Å². The summed E-state index contributed by atoms with van der Waals surface area (Å²) in [6, 6.07) is 3.34. The summed E-state index contributed by atoms with van der Waals surface area (Å²) in [7, 11) is 0. The van der Waals surface area contributed by atoms with Gasteiger partial charge in [0.25, 0.3) is 0 Å². The number of aryl methyl sites for hydroxylation is 2. The second-order valence-electron chi connectivity index (χ2n) is 4.34. The Hall–Kier alpha value is -1.91. The van der Waals surface area contributed by atoms with Gasteiger partial charge in [-0.25, -0.2) is 8.78 Å². The lowest BCUT2D eigenvalue weighted by Crippen LogP contribution is -2.10. The molecule has 0 bridgehead atoms. The van der Waals surface area contributed by atoms with Crippen molar-refractivity contribution in [3.05, 3.63) is 46.8 Å². The molecule has 1 heterocycles. The third-order valence-corrected chi connectivity index (χ3v) is 2.92. The molecule has 0 aliphatic heterocycles. The van der Waals surface area contributed by atoms with Crippen molar-refractivity contribution < 1.29 is 8.78 Å². The fourth-order valence-corrected chi connectivity index (χ4v) is 1.91. The van der Waals surface area contributed by atoms with Crippen LogP contribution in [0.5, 0.6) is 0 Å². The van der Waals surface area contributed by atoms with E-state index in [1.807, 2.05) is 20.8 Å². The molecule has 0 radical (unpaired) electrons. The van der Waals surface area contributed by atoms with Gasteiger partial charge in [-0.2, -0.15) is 5.10 Å². The van der Waals surface area contributed by atoms with Gasteiger partial charge in [0.2, 0.25) is 0 Å². The predicted molar refractivity (Wildman–Crippen MR) is 66.5 cm³/mol. The fraction of sp³-hybridized carbons (Fsp3) is 0.308. The van der Waals surface area contributed by atoms with Crippen LogP contribution in [-0.2, 0) is 0 Å². The van der Waals surface area contributed by atoms with E-state index in [1.165, 1.54) is 12.1 Å². The number of benzene rings is 1. The lowest BCUT2D eigenvalue weighted by Gasteiger charge is -2.16. The minimum absolute atomic E-state index is 0.263. The van der Waals surface area contributed by atoms with Crippen LogP contribution in [0.3, 0.4) is 0 Å². The molecular weight excluding hydrogens is 236 g/mol. The summed E-state index contributed by atoms with van der Waals surface area (Å²) in [6.07, 6.45) is 0. The van der Waals surface area contributed by atoms with Gasteiger partial charge in [-0.1, -0.05) is 6.07 Å². The first kappa shape index (κ1) is 12.5. The van der Waals surface area contributed by atoms with Crippen LogP contribution in [0.2, 0.25) is 0 Å². The number of hydrogen-bond acceptors (Lipinski definition) is 2. The normalized spacial score (nSPS) is 12.5. The average Bonchev–Trinajstić information content (AvgIpc) is 2.60. The average molecular weight is 251 g/mol. The highest BCUT2D eigenvalue weighted by Gasteiger charge is 2.14. The van der Waals surface area contributed by atoms with Crippen LogP contribution in [0.1, 0.15) is 29.9 Å². The smallest absolute Gasteiger partial charge is 0.131 e. The van der Waals surface area contributed by atoms with E-state index in [2.05, 4.69) is 15.5 Å². The number of hydrogen-bond donors (Lipinski definition) is 2. The van der Waals surface area contributed by atoms with Gasteiger partial charge < -0.3 is 5.32 Å². The van der Waals surface area contributed by atoms with Crippen molar-refractivity contribution in [2.24, 2.45) is 0 Å². The largest absolute Gasteiger partial charge is 0.375 e. The molecule has 1 aromatic carbocycles. The van der Waals surface area contributed by atoms with Gasteiger partial charge in [-0.05, 0) is 26.8 Å². The van der Waals surface area contributed by atoms with Crippen molar-refractivity contribution >= 4 is 5.69 Å². The molecule has 1 unspecified atom stereocenters. The molecule has 0 aliphatic carbocycles. The Kier molecular flexibility index (Phi) is 3.32. The van der Waals surface area contributed by atoms with Gasteiger partial charge in [0, 0.05) is 11.6 Å². The topological polar surface area (TPSA) is 40.7 Å². The van der Waals surface area contributed by atoms with E-state index >= 15 is 0 Å². The van der Waals surface area contributed by atoms with E-state index in [0.29, 0.717) is 5.56 Å². The standard InChI is InChI=1S/C13H15F2N3/c1-7(11-5-4-10(14)6-12(11)15)16-13-8(2)17-18-9(13)3/h4-7,16H,1-3H3,(H,17,18). The molecule has 0 aliphatic rings. The number of nitrogens with one attached hydrogen (secondary N) is 2. The van der Waals surface area contributed by atoms with Crippen molar-refractivity contribution in [3.63, 3.8) is 0 Å². The molecule has 1 atom stereocenters. The zero-order chi connectivity index (χ0) is 13.3. The summed E-state index contributed by atoms with van der Waals surface area (Å²) in [4.78, 5) is 0. The van der Waals surface area contributed by atoms with Gasteiger partial charge >= 0.3 is 0 Å². The van der Waals surface area contributed by atoms with E-state index in [9.17, 15) is 8.78 Å². The zero-order valence-corrected chi connectivity index (χ0v) is 10.5. The highest BCUT2D eigenvalue weighted by Crippen LogP contribution is 2.25. The Morgan fingerprint density at radius 3 is 2.56 bits per heavy atom. The summed E-state index contributed by atoms with van der Waals surface area (Å²) >= 11 is 0. The summed E-state index contributed by atoms with van der Waals surface area (Å²) in [5, 5.41) is 10.1. The molecule has 0 saturated heterocycles. The summed E-state index contributed by atoms with van der Waals surface area (Å²) in [6.45, 7) is 5.57. The Balaban J connectivity index is 2.24. The maximum Gasteiger partial charge on any atom is 0.131 e. The first-order chi connectivity index (χ1) is 8.49. The molecular formula is C13H15F2N3. The number of halogens is 2. The van der Waals surface area contributed by atoms with Crippen molar-refractivity contribution in [3.8, 4) is 0 Å². The van der Waals surface area contributed by atoms with Crippen LogP contribution in [0.15, 0.2) is 18.2 Å². The van der Waals surface area contributed by atoms with Gasteiger partial charge in [0.1, 0.15) is 11.6 Å². The maximum atomic E-state index is 13.6. The fourth-order valence-electron chi connectivity index (χ4n) is 1.91. The van der Waals surface area contributed by atoms with E-state index in [1.54, 1.807) is 0 Å². The predicted octanol–water partition coefficient (Wildman–Crippen LogP) is 3.48. The number of rotatable bonds is 3. The van der Waals surface area contributed by atoms with Crippen LogP contribution in [0.25, 0.3) is 0 Å². The first-order valence-corrected chi connectivity index (χ1v) is 5.72. The molecule has 0 saturated carbocycles. The second-order valence-corrected chi connectivity index (χ2v) is 4.34. The summed E-state index contributed by atoms with van der Waals surface area (Å²) in [5.74, 6) is -1.12. The molecule has 2 aromatic rings. The third kappa shape index (κ3) is 2.34. The molecule has 0 spiro atoms. The van der Waals surface area contributed by atoms with Crippen LogP contribution in [0, 0.1) is 25.5 Å². The maximum absolute atomic E-state index is 13.6. The SMILES string of the molecule is Cc1n[nH]c(C)c1NC(C)c1ccc(F)cc1F.